The zero-order valence-corrected chi connectivity index (χ0v) is 20.8. The number of halogens is 1. The summed E-state index contributed by atoms with van der Waals surface area (Å²) in [7, 11) is 2.05. The van der Waals surface area contributed by atoms with E-state index in [-0.39, 0.29) is 23.8 Å². The van der Waals surface area contributed by atoms with Crippen LogP contribution < -0.4 is 16.4 Å². The van der Waals surface area contributed by atoms with Gasteiger partial charge in [0.05, 0.1) is 11.7 Å². The van der Waals surface area contributed by atoms with E-state index >= 15 is 0 Å². The van der Waals surface area contributed by atoms with Crippen molar-refractivity contribution in [2.75, 3.05) is 13.6 Å². The molecular formula is C24H27ClN6O3S. The van der Waals surface area contributed by atoms with Gasteiger partial charge < -0.3 is 26.3 Å². The molecule has 1 saturated carbocycles. The molecular weight excluding hydrogens is 488 g/mol. The highest BCUT2D eigenvalue weighted by Gasteiger charge is 2.36. The number of hydrogen-bond acceptors (Lipinski definition) is 6. The minimum Gasteiger partial charge on any atom is -0.369 e. The predicted molar refractivity (Wildman–Crippen MR) is 135 cm³/mol. The van der Waals surface area contributed by atoms with E-state index in [2.05, 4.69) is 25.5 Å². The highest BCUT2D eigenvalue weighted by Crippen LogP contribution is 2.28. The summed E-state index contributed by atoms with van der Waals surface area (Å²) in [6, 6.07) is 6.32. The van der Waals surface area contributed by atoms with Crippen LogP contribution in [-0.4, -0.2) is 58.3 Å². The Morgan fingerprint density at radius 2 is 1.97 bits per heavy atom. The molecule has 0 saturated heterocycles. The third-order valence-corrected chi connectivity index (χ3v) is 8.15. The standard InChI is InChI=1S/C24H27ClN6O3S/c1-31-7-6-17-20(11-31)35-24(30-17)23(34)29-18-9-12(21(26)32)2-4-16(18)28-22(33)19-10-13-8-14(25)3-5-15(13)27-19/h3,5,8,10,12,16,18,27H,2,4,6-7,9,11H2,1H3,(H2,26,32)(H,28,33)(H,29,34). The Morgan fingerprint density at radius 3 is 2.77 bits per heavy atom. The van der Waals surface area contributed by atoms with E-state index in [0.717, 1.165) is 41.0 Å². The number of nitrogens with one attached hydrogen (secondary N) is 3. The largest absolute Gasteiger partial charge is 0.369 e. The number of benzene rings is 1. The first-order valence-corrected chi connectivity index (χ1v) is 12.8. The molecule has 9 nitrogen and oxygen atoms in total. The average molecular weight is 515 g/mol. The molecule has 35 heavy (non-hydrogen) atoms. The molecule has 0 radical (unpaired) electrons. The summed E-state index contributed by atoms with van der Waals surface area (Å²) in [5, 5.41) is 7.90. The fourth-order valence-electron chi connectivity index (χ4n) is 4.88. The fourth-order valence-corrected chi connectivity index (χ4v) is 6.16. The summed E-state index contributed by atoms with van der Waals surface area (Å²) >= 11 is 7.46. The lowest BCUT2D eigenvalue weighted by Crippen LogP contribution is -2.55. The molecule has 2 aliphatic rings. The van der Waals surface area contributed by atoms with Gasteiger partial charge >= 0.3 is 0 Å². The van der Waals surface area contributed by atoms with E-state index in [1.54, 1.807) is 18.2 Å². The van der Waals surface area contributed by atoms with Crippen LogP contribution in [0.5, 0.6) is 0 Å². The van der Waals surface area contributed by atoms with E-state index in [1.165, 1.54) is 11.3 Å². The van der Waals surface area contributed by atoms with Gasteiger partial charge in [-0.05, 0) is 50.6 Å². The second kappa shape index (κ2) is 9.60. The monoisotopic (exact) mass is 514 g/mol. The first-order valence-electron chi connectivity index (χ1n) is 11.6. The first kappa shape index (κ1) is 23.8. The van der Waals surface area contributed by atoms with E-state index in [4.69, 9.17) is 17.3 Å². The van der Waals surface area contributed by atoms with Gasteiger partial charge in [0.1, 0.15) is 5.69 Å². The molecule has 184 valence electrons. The van der Waals surface area contributed by atoms with E-state index in [9.17, 15) is 14.4 Å². The number of H-pyrrole nitrogens is 1. The van der Waals surface area contributed by atoms with Crippen molar-refractivity contribution < 1.29 is 14.4 Å². The average Bonchev–Trinajstić information content (AvgIpc) is 3.43. The third-order valence-electron chi connectivity index (χ3n) is 6.83. The molecule has 3 heterocycles. The lowest BCUT2D eigenvalue weighted by Gasteiger charge is -2.35. The summed E-state index contributed by atoms with van der Waals surface area (Å²) in [5.41, 5.74) is 7.76. The van der Waals surface area contributed by atoms with E-state index < -0.39 is 11.9 Å². The molecule has 3 aromatic rings. The summed E-state index contributed by atoms with van der Waals surface area (Å²) in [4.78, 5) is 49.0. The number of thiazole rings is 1. The van der Waals surface area contributed by atoms with Crippen LogP contribution in [0.2, 0.25) is 5.02 Å². The Balaban J connectivity index is 1.32. The molecule has 1 fully saturated rings. The molecule has 5 rings (SSSR count). The minimum absolute atomic E-state index is 0.285. The molecule has 2 aromatic heterocycles. The van der Waals surface area contributed by atoms with Gasteiger partial charge in [-0.3, -0.25) is 14.4 Å². The smallest absolute Gasteiger partial charge is 0.280 e. The lowest BCUT2D eigenvalue weighted by atomic mass is 9.81. The van der Waals surface area contributed by atoms with Gasteiger partial charge in [0.25, 0.3) is 11.8 Å². The Morgan fingerprint density at radius 1 is 1.17 bits per heavy atom. The quantitative estimate of drug-likeness (QED) is 0.415. The first-order chi connectivity index (χ1) is 16.8. The normalized spacial score (nSPS) is 22.5. The maximum atomic E-state index is 13.1. The number of aromatic nitrogens is 2. The van der Waals surface area contributed by atoms with Gasteiger partial charge in [-0.15, -0.1) is 11.3 Å². The highest BCUT2D eigenvalue weighted by atomic mass is 35.5. The highest BCUT2D eigenvalue weighted by molar-refractivity contribution is 7.13. The van der Waals surface area contributed by atoms with Crippen LogP contribution in [0.25, 0.3) is 10.9 Å². The molecule has 3 amide bonds. The summed E-state index contributed by atoms with van der Waals surface area (Å²) in [6.45, 7) is 1.69. The van der Waals surface area contributed by atoms with E-state index in [0.29, 0.717) is 35.0 Å². The fraction of sp³-hybridized carbons (Fsp3) is 0.417. The van der Waals surface area contributed by atoms with Crippen molar-refractivity contribution in [1.82, 2.24) is 25.5 Å². The second-order valence-electron chi connectivity index (χ2n) is 9.36. The predicted octanol–water partition coefficient (Wildman–Crippen LogP) is 2.45. The number of aromatic amines is 1. The molecule has 3 atom stereocenters. The zero-order valence-electron chi connectivity index (χ0n) is 19.3. The van der Waals surface area contributed by atoms with Crippen LogP contribution in [0.15, 0.2) is 24.3 Å². The molecule has 3 unspecified atom stereocenters. The summed E-state index contributed by atoms with van der Waals surface area (Å²) in [5.74, 6) is -1.33. The molecule has 0 bridgehead atoms. The van der Waals surface area contributed by atoms with Gasteiger partial charge in [-0.25, -0.2) is 4.98 Å². The van der Waals surface area contributed by atoms with Crippen LogP contribution in [0.3, 0.4) is 0 Å². The number of hydrogen-bond donors (Lipinski definition) is 4. The Kier molecular flexibility index (Phi) is 6.52. The third kappa shape index (κ3) is 5.05. The lowest BCUT2D eigenvalue weighted by molar-refractivity contribution is -0.123. The maximum absolute atomic E-state index is 13.1. The van der Waals surface area contributed by atoms with Crippen LogP contribution in [-0.2, 0) is 17.8 Å². The van der Waals surface area contributed by atoms with Crippen molar-refractivity contribution >= 4 is 51.6 Å². The van der Waals surface area contributed by atoms with Crippen molar-refractivity contribution in [3.05, 3.63) is 50.6 Å². The van der Waals surface area contributed by atoms with Crippen molar-refractivity contribution in [2.24, 2.45) is 11.7 Å². The number of nitrogens with zero attached hydrogens (tertiary/aromatic N) is 2. The molecule has 1 aromatic carbocycles. The van der Waals surface area contributed by atoms with Gasteiger partial charge in [-0.1, -0.05) is 11.6 Å². The van der Waals surface area contributed by atoms with Crippen molar-refractivity contribution in [2.45, 2.75) is 44.3 Å². The van der Waals surface area contributed by atoms with Crippen molar-refractivity contribution in [1.29, 1.82) is 0 Å². The number of rotatable bonds is 5. The zero-order chi connectivity index (χ0) is 24.7. The molecule has 1 aliphatic heterocycles. The Hall–Kier alpha value is -2.95. The number of carbonyl (C=O) groups is 3. The Bertz CT molecular complexity index is 1300. The number of nitrogens with two attached hydrogens (primary N) is 1. The molecule has 5 N–H and O–H groups in total. The second-order valence-corrected chi connectivity index (χ2v) is 10.9. The van der Waals surface area contributed by atoms with Gasteiger partial charge in [0.2, 0.25) is 5.91 Å². The van der Waals surface area contributed by atoms with Crippen LogP contribution >= 0.6 is 22.9 Å². The van der Waals surface area contributed by atoms with Crippen molar-refractivity contribution in [3.63, 3.8) is 0 Å². The maximum Gasteiger partial charge on any atom is 0.280 e. The van der Waals surface area contributed by atoms with Gasteiger partial charge in [0, 0.05) is 52.3 Å². The van der Waals surface area contributed by atoms with Gasteiger partial charge in [-0.2, -0.15) is 0 Å². The number of carbonyl (C=O) groups excluding carboxylic acids is 3. The number of likely N-dealkylation sites (N-methyl/N-ethyl adjacent to an activating group) is 1. The molecule has 1 aliphatic carbocycles. The van der Waals surface area contributed by atoms with Crippen LogP contribution in [0, 0.1) is 5.92 Å². The SMILES string of the molecule is CN1CCc2nc(C(=O)NC3CC(C(N)=O)CCC3NC(=O)c3cc4cc(Cl)ccc4[nH]3)sc2C1. The topological polar surface area (TPSA) is 133 Å². The summed E-state index contributed by atoms with van der Waals surface area (Å²) in [6.07, 6.45) is 2.25. The number of amides is 3. The molecule has 0 spiro atoms. The van der Waals surface area contributed by atoms with Crippen molar-refractivity contribution in [3.8, 4) is 0 Å². The number of primary amides is 1. The van der Waals surface area contributed by atoms with Gasteiger partial charge in [0.15, 0.2) is 5.01 Å². The van der Waals surface area contributed by atoms with Crippen LogP contribution in [0.1, 0.15) is 50.1 Å². The number of fused-ring (bicyclic) bond motifs is 2. The van der Waals surface area contributed by atoms with Crippen LogP contribution in [0.4, 0.5) is 0 Å². The molecule has 11 heteroatoms. The minimum atomic E-state index is -0.444. The van der Waals surface area contributed by atoms with E-state index in [1.807, 2.05) is 13.1 Å². The summed E-state index contributed by atoms with van der Waals surface area (Å²) < 4.78 is 0. The Labute approximate surface area is 211 Å².